The minimum atomic E-state index is -0.0102. The van der Waals surface area contributed by atoms with Gasteiger partial charge in [0.2, 0.25) is 5.91 Å². The largest absolute Gasteiger partial charge is 0.325 e. The van der Waals surface area contributed by atoms with Crippen molar-refractivity contribution >= 4 is 23.4 Å². The molecule has 1 aliphatic heterocycles. The van der Waals surface area contributed by atoms with Crippen LogP contribution < -0.4 is 10.6 Å². The second kappa shape index (κ2) is 11.6. The Morgan fingerprint density at radius 2 is 1.82 bits per heavy atom. The highest BCUT2D eigenvalue weighted by Gasteiger charge is 2.22. The smallest absolute Gasteiger partial charge is 0.238 e. The summed E-state index contributed by atoms with van der Waals surface area (Å²) >= 11 is 1.70. The number of benzene rings is 2. The van der Waals surface area contributed by atoms with Crippen molar-refractivity contribution in [3.8, 4) is 0 Å². The molecule has 2 aromatic carbocycles. The van der Waals surface area contributed by atoms with Crippen molar-refractivity contribution in [2.24, 2.45) is 0 Å². The standard InChI is InChI=1S/C28H34N4OS/c1-20-4-9-25(10-5-20)34-28-11-7-22(17-30-28)19-32-14-12-23(13-15-32)26-16-24(8-6-21(26)2)31-27(33)18-29-3/h4-11,16-17,23,29H,12-15,18-19H2,1-3H3,(H,31,33). The van der Waals surface area contributed by atoms with Crippen molar-refractivity contribution in [1.29, 1.82) is 0 Å². The molecule has 4 rings (SSSR count). The number of likely N-dealkylation sites (tertiary alicyclic amines) is 1. The minimum absolute atomic E-state index is 0.0102. The van der Waals surface area contributed by atoms with E-state index in [4.69, 9.17) is 0 Å². The molecular weight excluding hydrogens is 440 g/mol. The van der Waals surface area contributed by atoms with Crippen LogP contribution in [0.4, 0.5) is 5.69 Å². The number of anilines is 1. The summed E-state index contributed by atoms with van der Waals surface area (Å²) < 4.78 is 0. The maximum Gasteiger partial charge on any atom is 0.238 e. The molecule has 0 bridgehead atoms. The van der Waals surface area contributed by atoms with Crippen LogP contribution in [0.1, 0.15) is 41.0 Å². The Labute approximate surface area is 207 Å². The molecule has 0 unspecified atom stereocenters. The van der Waals surface area contributed by atoms with Gasteiger partial charge >= 0.3 is 0 Å². The molecule has 1 fully saturated rings. The molecule has 2 N–H and O–H groups in total. The van der Waals surface area contributed by atoms with Gasteiger partial charge in [0.1, 0.15) is 5.03 Å². The Balaban J connectivity index is 1.30. The van der Waals surface area contributed by atoms with Crippen molar-refractivity contribution in [3.05, 3.63) is 83.0 Å². The van der Waals surface area contributed by atoms with Crippen LogP contribution in [0.2, 0.25) is 0 Å². The molecule has 1 amide bonds. The molecule has 34 heavy (non-hydrogen) atoms. The first-order chi connectivity index (χ1) is 16.5. The molecule has 0 atom stereocenters. The summed E-state index contributed by atoms with van der Waals surface area (Å²) in [6.07, 6.45) is 4.27. The van der Waals surface area contributed by atoms with Crippen LogP contribution in [0.15, 0.2) is 70.7 Å². The third-order valence-electron chi connectivity index (χ3n) is 6.37. The lowest BCUT2D eigenvalue weighted by atomic mass is 9.86. The molecular formula is C28H34N4OS. The number of hydrogen-bond donors (Lipinski definition) is 2. The second-order valence-electron chi connectivity index (χ2n) is 9.12. The lowest BCUT2D eigenvalue weighted by Crippen LogP contribution is -2.32. The van der Waals surface area contributed by atoms with Crippen molar-refractivity contribution in [2.75, 3.05) is 32.0 Å². The molecule has 3 aromatic rings. The molecule has 178 valence electrons. The van der Waals surface area contributed by atoms with Crippen LogP contribution in [-0.4, -0.2) is 42.5 Å². The van der Waals surface area contributed by atoms with Crippen LogP contribution in [0, 0.1) is 13.8 Å². The van der Waals surface area contributed by atoms with E-state index in [1.54, 1.807) is 18.8 Å². The third kappa shape index (κ3) is 6.69. The zero-order valence-corrected chi connectivity index (χ0v) is 21.1. The second-order valence-corrected chi connectivity index (χ2v) is 10.2. The number of aromatic nitrogens is 1. The topological polar surface area (TPSA) is 57.3 Å². The number of carbonyl (C=O) groups is 1. The zero-order valence-electron chi connectivity index (χ0n) is 20.3. The average molecular weight is 475 g/mol. The van der Waals surface area contributed by atoms with E-state index in [0.717, 1.165) is 43.2 Å². The van der Waals surface area contributed by atoms with E-state index in [1.165, 1.54) is 27.1 Å². The van der Waals surface area contributed by atoms with Crippen LogP contribution in [0.3, 0.4) is 0 Å². The van der Waals surface area contributed by atoms with Crippen LogP contribution in [-0.2, 0) is 11.3 Å². The van der Waals surface area contributed by atoms with Crippen LogP contribution in [0.25, 0.3) is 0 Å². The highest BCUT2D eigenvalue weighted by molar-refractivity contribution is 7.99. The quantitative estimate of drug-likeness (QED) is 0.459. The molecule has 1 aliphatic rings. The maximum absolute atomic E-state index is 11.9. The zero-order chi connectivity index (χ0) is 23.9. The molecule has 0 spiro atoms. The number of carbonyl (C=O) groups excluding carboxylic acids is 1. The fourth-order valence-electron chi connectivity index (χ4n) is 4.48. The van der Waals surface area contributed by atoms with E-state index in [9.17, 15) is 4.79 Å². The minimum Gasteiger partial charge on any atom is -0.325 e. The Hall–Kier alpha value is -2.67. The number of nitrogens with one attached hydrogen (secondary N) is 2. The number of aryl methyl sites for hydroxylation is 2. The fourth-order valence-corrected chi connectivity index (χ4v) is 5.23. The van der Waals surface area contributed by atoms with Gasteiger partial charge in [0.25, 0.3) is 0 Å². The Morgan fingerprint density at radius 3 is 2.50 bits per heavy atom. The molecule has 5 nitrogen and oxygen atoms in total. The Kier molecular flexibility index (Phi) is 8.38. The molecule has 1 saturated heterocycles. The van der Waals surface area contributed by atoms with Gasteiger partial charge in [-0.05, 0) is 99.8 Å². The number of pyridine rings is 1. The van der Waals surface area contributed by atoms with Crippen molar-refractivity contribution < 1.29 is 4.79 Å². The van der Waals surface area contributed by atoms with E-state index < -0.39 is 0 Å². The van der Waals surface area contributed by atoms with Gasteiger partial charge < -0.3 is 10.6 Å². The van der Waals surface area contributed by atoms with Gasteiger partial charge in [0, 0.05) is 23.3 Å². The van der Waals surface area contributed by atoms with Gasteiger partial charge in [-0.3, -0.25) is 9.69 Å². The normalized spacial score (nSPS) is 14.8. The molecule has 2 heterocycles. The third-order valence-corrected chi connectivity index (χ3v) is 7.33. The van der Waals surface area contributed by atoms with Crippen LogP contribution >= 0.6 is 11.8 Å². The summed E-state index contributed by atoms with van der Waals surface area (Å²) in [7, 11) is 1.78. The maximum atomic E-state index is 11.9. The van der Waals surface area contributed by atoms with Gasteiger partial charge in [-0.1, -0.05) is 41.6 Å². The van der Waals surface area contributed by atoms with Gasteiger partial charge in [0.15, 0.2) is 0 Å². The summed E-state index contributed by atoms with van der Waals surface area (Å²) in [5.41, 5.74) is 6.09. The van der Waals surface area contributed by atoms with Gasteiger partial charge in [0.05, 0.1) is 6.54 Å². The van der Waals surface area contributed by atoms with Gasteiger partial charge in [-0.25, -0.2) is 4.98 Å². The van der Waals surface area contributed by atoms with Crippen molar-refractivity contribution in [2.45, 2.75) is 49.1 Å². The summed E-state index contributed by atoms with van der Waals surface area (Å²) in [6.45, 7) is 7.67. The monoisotopic (exact) mass is 474 g/mol. The van der Waals surface area contributed by atoms with Gasteiger partial charge in [-0.2, -0.15) is 0 Å². The summed E-state index contributed by atoms with van der Waals surface area (Å²) in [5, 5.41) is 6.92. The van der Waals surface area contributed by atoms with E-state index in [0.29, 0.717) is 12.5 Å². The van der Waals surface area contributed by atoms with Crippen molar-refractivity contribution in [1.82, 2.24) is 15.2 Å². The summed E-state index contributed by atoms with van der Waals surface area (Å²) in [6, 6.07) is 19.2. The highest BCUT2D eigenvalue weighted by Crippen LogP contribution is 2.33. The van der Waals surface area contributed by atoms with Gasteiger partial charge in [-0.15, -0.1) is 0 Å². The number of amides is 1. The molecule has 1 aromatic heterocycles. The molecule has 0 radical (unpaired) electrons. The first kappa shape index (κ1) is 24.5. The lowest BCUT2D eigenvalue weighted by Gasteiger charge is -2.33. The highest BCUT2D eigenvalue weighted by atomic mass is 32.2. The number of nitrogens with zero attached hydrogens (tertiary/aromatic N) is 2. The van der Waals surface area contributed by atoms with Crippen molar-refractivity contribution in [3.63, 3.8) is 0 Å². The SMILES string of the molecule is CNCC(=O)Nc1ccc(C)c(C2CCN(Cc3ccc(Sc4ccc(C)cc4)nc3)CC2)c1. The summed E-state index contributed by atoms with van der Waals surface area (Å²) in [4.78, 5) is 20.4. The number of likely N-dealkylation sites (N-methyl/N-ethyl adjacent to an activating group) is 1. The predicted octanol–water partition coefficient (Wildman–Crippen LogP) is 5.39. The summed E-state index contributed by atoms with van der Waals surface area (Å²) in [5.74, 6) is 0.521. The Morgan fingerprint density at radius 1 is 1.06 bits per heavy atom. The molecule has 0 aliphatic carbocycles. The fraction of sp³-hybridized carbons (Fsp3) is 0.357. The lowest BCUT2D eigenvalue weighted by molar-refractivity contribution is -0.115. The Bertz CT molecular complexity index is 1090. The predicted molar refractivity (Wildman–Crippen MR) is 141 cm³/mol. The first-order valence-corrected chi connectivity index (χ1v) is 12.8. The molecule has 6 heteroatoms. The number of hydrogen-bond acceptors (Lipinski definition) is 5. The number of rotatable bonds is 8. The van der Waals surface area contributed by atoms with E-state index in [-0.39, 0.29) is 5.91 Å². The van der Waals surface area contributed by atoms with E-state index >= 15 is 0 Å². The van der Waals surface area contributed by atoms with E-state index in [1.807, 2.05) is 12.3 Å². The molecule has 0 saturated carbocycles. The number of piperidine rings is 1. The van der Waals surface area contributed by atoms with E-state index in [2.05, 4.69) is 82.9 Å². The average Bonchev–Trinajstić information content (AvgIpc) is 2.84. The van der Waals surface area contributed by atoms with Crippen LogP contribution in [0.5, 0.6) is 0 Å². The first-order valence-electron chi connectivity index (χ1n) is 12.0.